The zero-order valence-corrected chi connectivity index (χ0v) is 50.2. The lowest BCUT2D eigenvalue weighted by Crippen LogP contribution is -2.69. The fourth-order valence-corrected chi connectivity index (χ4v) is 16.2. The molecule has 8 unspecified atom stereocenters. The molecule has 22 heteroatoms. The third-order valence-electron chi connectivity index (χ3n) is 22.6. The number of fused-ring (bicyclic) bond motifs is 7. The number of aliphatic hydroxyl groups is 5. The van der Waals surface area contributed by atoms with Gasteiger partial charge in [-0.25, -0.2) is 14.4 Å². The summed E-state index contributed by atoms with van der Waals surface area (Å²) in [4.78, 5) is 94.2. The summed E-state index contributed by atoms with van der Waals surface area (Å²) in [5.41, 5.74) is -2.41. The van der Waals surface area contributed by atoms with Gasteiger partial charge < -0.3 is 75.8 Å². The molecule has 5 aliphatic carbocycles. The maximum Gasteiger partial charge on any atom is 0.326 e. The monoisotopic (exact) mass is 1160 g/mol. The first kappa shape index (κ1) is 65.4. The molecule has 0 aromatic carbocycles. The molecule has 4 saturated carbocycles. The van der Waals surface area contributed by atoms with E-state index in [2.05, 4.69) is 43.6 Å². The van der Waals surface area contributed by atoms with Gasteiger partial charge in [0.05, 0.1) is 6.10 Å². The molecule has 3 amide bonds. The summed E-state index contributed by atoms with van der Waals surface area (Å²) in [7, 11) is 0. The fourth-order valence-electron chi connectivity index (χ4n) is 16.2. The lowest BCUT2D eigenvalue weighted by atomic mass is 9.33. The summed E-state index contributed by atoms with van der Waals surface area (Å²) < 4.78 is 25.1. The highest BCUT2D eigenvalue weighted by molar-refractivity contribution is 5.96. The first-order valence-corrected chi connectivity index (χ1v) is 29.9. The molecule has 11 N–H and O–H groups in total. The van der Waals surface area contributed by atoms with E-state index < -0.39 is 160 Å². The summed E-state index contributed by atoms with van der Waals surface area (Å²) in [6.45, 7) is 25.2. The van der Waals surface area contributed by atoms with Crippen molar-refractivity contribution in [2.75, 3.05) is 0 Å². The summed E-state index contributed by atoms with van der Waals surface area (Å²) in [5, 5.41) is 94.8. The molecule has 22 nitrogen and oxygen atoms in total. The Balaban J connectivity index is 1.19. The minimum absolute atomic E-state index is 0.0109. The van der Waals surface area contributed by atoms with E-state index in [9.17, 15) is 69.6 Å². The molecule has 0 bridgehead atoms. The van der Waals surface area contributed by atoms with Crippen molar-refractivity contribution >= 4 is 41.4 Å². The number of carboxylic acids is 3. The van der Waals surface area contributed by atoms with E-state index >= 15 is 4.79 Å². The van der Waals surface area contributed by atoms with Crippen LogP contribution in [0.4, 0.5) is 0 Å². The Hall–Kier alpha value is -4.13. The Morgan fingerprint density at radius 2 is 1.10 bits per heavy atom. The van der Waals surface area contributed by atoms with E-state index in [1.54, 1.807) is 27.7 Å². The van der Waals surface area contributed by atoms with Crippen LogP contribution in [0.15, 0.2) is 11.6 Å². The van der Waals surface area contributed by atoms with Crippen molar-refractivity contribution < 1.29 is 93.4 Å². The molecule has 7 rings (SSSR count). The van der Waals surface area contributed by atoms with Gasteiger partial charge in [-0.3, -0.25) is 19.2 Å². The second-order valence-electron chi connectivity index (χ2n) is 27.7. The van der Waals surface area contributed by atoms with Crippen LogP contribution >= 0.6 is 0 Å². The van der Waals surface area contributed by atoms with Gasteiger partial charge in [-0.05, 0) is 121 Å². The number of amides is 3. The average molecular weight is 1160 g/mol. The van der Waals surface area contributed by atoms with Crippen LogP contribution in [0.5, 0.6) is 0 Å². The number of carbonyl (C=O) groups excluding carboxylic acids is 4. The summed E-state index contributed by atoms with van der Waals surface area (Å²) >= 11 is 0. The average Bonchev–Trinajstić information content (AvgIpc) is 1.43. The van der Waals surface area contributed by atoms with E-state index in [0.717, 1.165) is 24.8 Å². The van der Waals surface area contributed by atoms with Gasteiger partial charge in [-0.15, -0.1) is 0 Å². The Morgan fingerprint density at radius 1 is 0.610 bits per heavy atom. The maximum absolute atomic E-state index is 15.4. The van der Waals surface area contributed by atoms with Crippen molar-refractivity contribution in [2.45, 2.75) is 253 Å². The molecular weight excluding hydrogens is 1070 g/mol. The normalized spacial score (nSPS) is 42.8. The number of carbonyl (C=O) groups is 7. The first-order chi connectivity index (χ1) is 38.0. The van der Waals surface area contributed by atoms with Crippen LogP contribution in [-0.4, -0.2) is 168 Å². The lowest BCUT2D eigenvalue weighted by Gasteiger charge is -2.70. The first-order valence-electron chi connectivity index (χ1n) is 29.9. The largest absolute Gasteiger partial charge is 0.480 e. The van der Waals surface area contributed by atoms with Gasteiger partial charge in [0, 0.05) is 11.3 Å². The summed E-state index contributed by atoms with van der Waals surface area (Å²) in [6.07, 6.45) is -12.5. The molecule has 0 radical (unpaired) electrons. The number of ketones is 1. The van der Waals surface area contributed by atoms with Gasteiger partial charge in [0.1, 0.15) is 54.7 Å². The van der Waals surface area contributed by atoms with Crippen LogP contribution in [0.25, 0.3) is 0 Å². The van der Waals surface area contributed by atoms with Crippen molar-refractivity contribution in [1.82, 2.24) is 16.0 Å². The van der Waals surface area contributed by atoms with Gasteiger partial charge in [-0.1, -0.05) is 115 Å². The topological polar surface area (TPSA) is 354 Å². The van der Waals surface area contributed by atoms with Crippen molar-refractivity contribution in [3.8, 4) is 0 Å². The van der Waals surface area contributed by atoms with Crippen LogP contribution in [0.1, 0.15) is 167 Å². The van der Waals surface area contributed by atoms with Gasteiger partial charge >= 0.3 is 17.9 Å². The second-order valence-corrected chi connectivity index (χ2v) is 27.7. The lowest BCUT2D eigenvalue weighted by molar-refractivity contribution is -0.369. The zero-order chi connectivity index (χ0) is 61.3. The standard InChI is InChI=1S/C60H95N3O19/c1-14-27(4)35(49(72)73)61-47(70)43-39(66)38(65)42(69)52(80-43)82-45-41(68)40(67)44(48(71)62-36(50(74)75)28(5)15-2)81-53(45)79-34-18-19-58(11)33(55(34,7)8)17-20-60(13)46(58)32(64)25-30-31-26-57(10,22-21-56(31,9)23-24-59(30,60)12)54(78)63-37(51(76)77)29(6)16-3/h25,27-29,31,33-46,52-53,65-69H,14-24,26H2,1-13H3,(H,61,70)(H,62,71)(H,63,78)(H,72,73)(H,74,75)(H,76,77)/t27?,28?,29?,31-,33-,34-,35?,36?,37?,38-,39-,40-,41-,42+,43-,44-,45+,46?,52-,53+,56+,57?,58-,59+,60+/m0/s1. The van der Waals surface area contributed by atoms with E-state index in [1.165, 1.54) is 0 Å². The molecule has 464 valence electrons. The van der Waals surface area contributed by atoms with Crippen LogP contribution in [0.3, 0.4) is 0 Å². The third kappa shape index (κ3) is 11.3. The predicted molar refractivity (Wildman–Crippen MR) is 294 cm³/mol. The summed E-state index contributed by atoms with van der Waals surface area (Å²) in [6, 6.07) is -3.90. The molecule has 2 aliphatic heterocycles. The van der Waals surface area contributed by atoms with Crippen molar-refractivity contribution in [3.63, 3.8) is 0 Å². The van der Waals surface area contributed by atoms with Crippen molar-refractivity contribution in [1.29, 1.82) is 0 Å². The molecule has 25 atom stereocenters. The minimum atomic E-state index is -2.14. The molecule has 0 aromatic rings. The number of rotatable bonds is 19. The highest BCUT2D eigenvalue weighted by atomic mass is 16.8. The van der Waals surface area contributed by atoms with E-state index in [1.807, 2.05) is 40.7 Å². The fraction of sp³-hybridized carbons (Fsp3) is 0.850. The number of hydrogen-bond donors (Lipinski definition) is 11. The van der Waals surface area contributed by atoms with E-state index in [-0.39, 0.29) is 34.9 Å². The number of aliphatic carboxylic acids is 3. The van der Waals surface area contributed by atoms with Gasteiger partial charge in [0.25, 0.3) is 11.8 Å². The van der Waals surface area contributed by atoms with Crippen LogP contribution in [0.2, 0.25) is 0 Å². The number of allylic oxidation sites excluding steroid dienone is 2. The van der Waals surface area contributed by atoms with E-state index in [4.69, 9.17) is 18.9 Å². The summed E-state index contributed by atoms with van der Waals surface area (Å²) in [5.74, 6) is -8.54. The predicted octanol–water partition coefficient (Wildman–Crippen LogP) is 3.84. The highest BCUT2D eigenvalue weighted by Gasteiger charge is 2.71. The number of nitrogens with one attached hydrogen (secondary N) is 3. The number of carboxylic acid groups (broad SMARTS) is 3. The Labute approximate surface area is 481 Å². The second kappa shape index (κ2) is 24.0. The van der Waals surface area contributed by atoms with Gasteiger partial charge in [-0.2, -0.15) is 0 Å². The van der Waals surface area contributed by atoms with Crippen LogP contribution < -0.4 is 16.0 Å². The molecule has 82 heavy (non-hydrogen) atoms. The molecule has 0 aromatic heterocycles. The van der Waals surface area contributed by atoms with Gasteiger partial charge in [0.2, 0.25) is 5.91 Å². The SMILES string of the molecule is CCC(C)C(NC(=O)[C@H]1O[C@@H](O[C@H]2[C@H](O[C@H]3CC[C@]4(C)C5C(=O)C=C6[C@@H]7CC(C)(C(=O)NC(C(=O)O)C(C)CC)CC[C@]7(C)CC[C@@]6(C)[C@]5(C)CC[C@H]4C3(C)C)O[C@H](C(=O)NC(C(=O)O)C(C)CC)[C@@H](O)[C@@H]2O)[C@H](O)[C@@H](O)[C@@H]1O)C(=O)O. The Kier molecular flexibility index (Phi) is 19.1. The molecule has 2 saturated heterocycles. The zero-order valence-electron chi connectivity index (χ0n) is 50.2. The van der Waals surface area contributed by atoms with Crippen molar-refractivity contribution in [3.05, 3.63) is 11.6 Å². The third-order valence-corrected chi connectivity index (χ3v) is 22.6. The van der Waals surface area contributed by atoms with Crippen LogP contribution in [0, 0.1) is 68.0 Å². The Morgan fingerprint density at radius 3 is 1.61 bits per heavy atom. The molecule has 2 heterocycles. The maximum atomic E-state index is 15.4. The number of aliphatic hydroxyl groups excluding tert-OH is 5. The molecular formula is C60H95N3O19. The van der Waals surface area contributed by atoms with Gasteiger partial charge in [0.15, 0.2) is 30.6 Å². The van der Waals surface area contributed by atoms with Crippen LogP contribution in [-0.2, 0) is 52.5 Å². The highest BCUT2D eigenvalue weighted by Crippen LogP contribution is 2.75. The smallest absolute Gasteiger partial charge is 0.326 e. The molecule has 7 aliphatic rings. The molecule has 0 spiro atoms. The molecule has 6 fully saturated rings. The van der Waals surface area contributed by atoms with Crippen molar-refractivity contribution in [2.24, 2.45) is 68.0 Å². The minimum Gasteiger partial charge on any atom is -0.480 e. The number of hydrogen-bond acceptors (Lipinski definition) is 16. The number of ether oxygens (including phenoxy) is 4. The van der Waals surface area contributed by atoms with E-state index in [0.29, 0.717) is 57.8 Å². The Bertz CT molecular complexity index is 2470. The quantitative estimate of drug-likeness (QED) is 0.0819.